The van der Waals surface area contributed by atoms with Gasteiger partial charge in [-0.25, -0.2) is 8.78 Å². The van der Waals surface area contributed by atoms with E-state index in [-0.39, 0.29) is 24.2 Å². The highest BCUT2D eigenvalue weighted by Gasteiger charge is 2.54. The number of hydrogen-bond donors (Lipinski definition) is 3. The highest BCUT2D eigenvalue weighted by atomic mass is 32.2. The van der Waals surface area contributed by atoms with E-state index in [0.29, 0.717) is 54.2 Å². The number of piperidine rings is 1. The number of fused-ring (bicyclic) bond motifs is 3. The monoisotopic (exact) mass is 623 g/mol. The second-order valence-corrected chi connectivity index (χ2v) is 13.4. The van der Waals surface area contributed by atoms with E-state index in [4.69, 9.17) is 4.52 Å². The van der Waals surface area contributed by atoms with Gasteiger partial charge in [-0.15, -0.1) is 0 Å². The Bertz CT molecular complexity index is 1860. The number of halogens is 2. The molecular formula is C31H31F2N5O5S. The summed E-state index contributed by atoms with van der Waals surface area (Å²) in [6.07, 6.45) is 2.80. The van der Waals surface area contributed by atoms with Crippen LogP contribution in [-0.4, -0.2) is 45.5 Å². The van der Waals surface area contributed by atoms with Crippen LogP contribution >= 0.6 is 0 Å². The van der Waals surface area contributed by atoms with Crippen LogP contribution in [0.25, 0.3) is 11.3 Å². The lowest BCUT2D eigenvalue weighted by atomic mass is 9.84. The first-order chi connectivity index (χ1) is 21.0. The zero-order valence-corrected chi connectivity index (χ0v) is 24.7. The first-order valence-electron chi connectivity index (χ1n) is 14.6. The fraction of sp³-hybridized carbons (Fsp3) is 0.355. The smallest absolute Gasteiger partial charge is 0.302 e. The zero-order valence-electron chi connectivity index (χ0n) is 23.9. The SMILES string of the molecule is Cc1c(NS(=O)(=O)N2C3CCC2CC(O)(c2cc(-c4ccccc4)on2)C3)c2n(c1C(=O)Nc1ccc(F)c(F)c1)CCC2. The lowest BCUT2D eigenvalue weighted by molar-refractivity contribution is -0.0391. The maximum Gasteiger partial charge on any atom is 0.302 e. The predicted molar refractivity (Wildman–Crippen MR) is 158 cm³/mol. The number of carbonyl (C=O) groups is 1. The molecule has 3 aliphatic rings. The number of aliphatic hydroxyl groups is 1. The van der Waals surface area contributed by atoms with Crippen LogP contribution in [0.2, 0.25) is 0 Å². The summed E-state index contributed by atoms with van der Waals surface area (Å²) in [5.74, 6) is -2.13. The molecule has 0 saturated carbocycles. The van der Waals surface area contributed by atoms with Gasteiger partial charge < -0.3 is 19.5 Å². The van der Waals surface area contributed by atoms with Crippen LogP contribution < -0.4 is 10.0 Å². The Morgan fingerprint density at radius 1 is 1.07 bits per heavy atom. The molecule has 4 aromatic rings. The van der Waals surface area contributed by atoms with Gasteiger partial charge in [0.15, 0.2) is 17.4 Å². The van der Waals surface area contributed by atoms with Crippen molar-refractivity contribution in [1.82, 2.24) is 14.0 Å². The number of nitrogens with one attached hydrogen (secondary N) is 2. The minimum Gasteiger partial charge on any atom is -0.383 e. The molecule has 230 valence electrons. The van der Waals surface area contributed by atoms with Gasteiger partial charge in [0.25, 0.3) is 5.91 Å². The molecule has 5 heterocycles. The second-order valence-electron chi connectivity index (χ2n) is 11.8. The minimum absolute atomic E-state index is 0.0874. The summed E-state index contributed by atoms with van der Waals surface area (Å²) < 4.78 is 66.6. The molecule has 2 bridgehead atoms. The quantitative estimate of drug-likeness (QED) is 0.263. The van der Waals surface area contributed by atoms with E-state index in [1.165, 1.54) is 10.4 Å². The van der Waals surface area contributed by atoms with Crippen molar-refractivity contribution in [2.24, 2.45) is 0 Å². The molecule has 44 heavy (non-hydrogen) atoms. The predicted octanol–water partition coefficient (Wildman–Crippen LogP) is 5.10. The molecule has 2 unspecified atom stereocenters. The number of hydrogen-bond acceptors (Lipinski definition) is 6. The molecule has 1 amide bonds. The largest absolute Gasteiger partial charge is 0.383 e. The van der Waals surface area contributed by atoms with Crippen molar-refractivity contribution in [3.8, 4) is 11.3 Å². The van der Waals surface area contributed by atoms with E-state index in [9.17, 15) is 27.1 Å². The molecule has 3 aliphatic heterocycles. The van der Waals surface area contributed by atoms with E-state index in [0.717, 1.165) is 24.1 Å². The second kappa shape index (κ2) is 10.5. The van der Waals surface area contributed by atoms with Crippen LogP contribution in [0.5, 0.6) is 0 Å². The normalized spacial score (nSPS) is 23.1. The topological polar surface area (TPSA) is 130 Å². The summed E-state index contributed by atoms with van der Waals surface area (Å²) in [5, 5.41) is 18.5. The molecular weight excluding hydrogens is 592 g/mol. The van der Waals surface area contributed by atoms with E-state index in [2.05, 4.69) is 15.2 Å². The van der Waals surface area contributed by atoms with E-state index >= 15 is 0 Å². The van der Waals surface area contributed by atoms with E-state index in [1.807, 2.05) is 30.3 Å². The molecule has 13 heteroatoms. The Balaban J connectivity index is 1.13. The number of benzene rings is 2. The van der Waals surface area contributed by atoms with Gasteiger partial charge in [-0.1, -0.05) is 35.5 Å². The first kappa shape index (κ1) is 28.7. The van der Waals surface area contributed by atoms with Gasteiger partial charge in [-0.3, -0.25) is 9.52 Å². The standard InChI is InChI=1S/C31H31F2N5O5S/c1-18-28(25-8-5-13-37(25)29(18)30(39)34-20-9-12-23(32)24(33)14-20)36-44(41,42)38-21-10-11-22(38)17-31(40,16-21)27-15-26(43-35-27)19-6-3-2-4-7-19/h2-4,6-7,9,12,14-15,21-22,36,40H,5,8,10-11,13,16-17H2,1H3,(H,34,39). The van der Waals surface area contributed by atoms with Gasteiger partial charge in [-0.05, 0) is 57.6 Å². The lowest BCUT2D eigenvalue weighted by Crippen LogP contribution is -2.53. The molecule has 2 aromatic carbocycles. The third kappa shape index (κ3) is 4.79. The van der Waals surface area contributed by atoms with Crippen LogP contribution in [0, 0.1) is 18.6 Å². The minimum atomic E-state index is -4.08. The number of carbonyl (C=O) groups excluding carboxylic acids is 1. The van der Waals surface area contributed by atoms with Gasteiger partial charge in [-0.2, -0.15) is 12.7 Å². The third-order valence-corrected chi connectivity index (χ3v) is 10.7. The third-order valence-electron chi connectivity index (χ3n) is 9.06. The Kier molecular flexibility index (Phi) is 6.87. The van der Waals surface area contributed by atoms with Crippen molar-refractivity contribution in [2.45, 2.75) is 69.7 Å². The molecule has 2 atom stereocenters. The van der Waals surface area contributed by atoms with Crippen molar-refractivity contribution < 1.29 is 31.6 Å². The molecule has 0 spiro atoms. The average Bonchev–Trinajstić information content (AvgIpc) is 3.77. The maximum atomic E-state index is 14.0. The molecule has 7 rings (SSSR count). The van der Waals surface area contributed by atoms with Crippen LogP contribution in [0.4, 0.5) is 20.2 Å². The van der Waals surface area contributed by atoms with Crippen molar-refractivity contribution in [1.29, 1.82) is 0 Å². The lowest BCUT2D eigenvalue weighted by Gasteiger charge is -2.41. The maximum absolute atomic E-state index is 14.0. The summed E-state index contributed by atoms with van der Waals surface area (Å²) in [6.45, 7) is 2.19. The van der Waals surface area contributed by atoms with Gasteiger partial charge in [0.1, 0.15) is 17.0 Å². The molecule has 2 fully saturated rings. The zero-order chi connectivity index (χ0) is 30.8. The highest BCUT2D eigenvalue weighted by molar-refractivity contribution is 7.90. The Labute approximate surface area is 252 Å². The summed E-state index contributed by atoms with van der Waals surface area (Å²) >= 11 is 0. The fourth-order valence-corrected chi connectivity index (χ4v) is 8.89. The molecule has 2 aromatic heterocycles. The summed E-state index contributed by atoms with van der Waals surface area (Å²) in [5.41, 5.74) is 1.71. The molecule has 10 nitrogen and oxygen atoms in total. The van der Waals surface area contributed by atoms with Gasteiger partial charge in [0, 0.05) is 53.3 Å². The Morgan fingerprint density at radius 3 is 2.50 bits per heavy atom. The summed E-state index contributed by atoms with van der Waals surface area (Å²) in [7, 11) is -4.08. The molecule has 3 N–H and O–H groups in total. The first-order valence-corrected chi connectivity index (χ1v) is 16.0. The van der Waals surface area contributed by atoms with Crippen LogP contribution in [0.3, 0.4) is 0 Å². The van der Waals surface area contributed by atoms with Crippen molar-refractivity contribution in [2.75, 3.05) is 10.0 Å². The molecule has 0 aliphatic carbocycles. The summed E-state index contributed by atoms with van der Waals surface area (Å²) in [4.78, 5) is 13.3. The average molecular weight is 624 g/mol. The Morgan fingerprint density at radius 2 is 1.80 bits per heavy atom. The van der Waals surface area contributed by atoms with Gasteiger partial charge in [0.2, 0.25) is 0 Å². The molecule has 2 saturated heterocycles. The van der Waals surface area contributed by atoms with Crippen molar-refractivity contribution >= 4 is 27.5 Å². The van der Waals surface area contributed by atoms with Crippen LogP contribution in [-0.2, 0) is 28.8 Å². The van der Waals surface area contributed by atoms with Gasteiger partial charge in [0.05, 0.1) is 5.69 Å². The van der Waals surface area contributed by atoms with Crippen LogP contribution in [0.1, 0.15) is 59.5 Å². The summed E-state index contributed by atoms with van der Waals surface area (Å²) in [6, 6.07) is 13.3. The number of aromatic nitrogens is 2. The van der Waals surface area contributed by atoms with E-state index in [1.54, 1.807) is 17.6 Å². The Hall–Kier alpha value is -4.07. The van der Waals surface area contributed by atoms with Crippen molar-refractivity contribution in [3.05, 3.63) is 88.9 Å². The highest BCUT2D eigenvalue weighted by Crippen LogP contribution is 2.47. The van der Waals surface area contributed by atoms with Crippen LogP contribution in [0.15, 0.2) is 59.1 Å². The number of nitrogens with zero attached hydrogens (tertiary/aromatic N) is 3. The number of amides is 1. The van der Waals surface area contributed by atoms with Gasteiger partial charge >= 0.3 is 10.2 Å². The number of rotatable bonds is 7. The van der Waals surface area contributed by atoms with Crippen molar-refractivity contribution in [3.63, 3.8) is 0 Å². The molecule has 0 radical (unpaired) electrons. The van der Waals surface area contributed by atoms with E-state index < -0.39 is 45.4 Å². The fourth-order valence-electron chi connectivity index (χ4n) is 7.11. The number of anilines is 2.